The molecule has 2 amide bonds. The van der Waals surface area contributed by atoms with E-state index >= 15 is 0 Å². The van der Waals surface area contributed by atoms with E-state index in [4.69, 9.17) is 11.6 Å². The third kappa shape index (κ3) is 3.98. The maximum atomic E-state index is 13.1. The van der Waals surface area contributed by atoms with Crippen molar-refractivity contribution in [1.82, 2.24) is 20.5 Å². The van der Waals surface area contributed by atoms with Crippen LogP contribution in [0.5, 0.6) is 0 Å². The van der Waals surface area contributed by atoms with Crippen molar-refractivity contribution in [2.24, 2.45) is 0 Å². The highest BCUT2D eigenvalue weighted by atomic mass is 35.5. The van der Waals surface area contributed by atoms with Gasteiger partial charge in [-0.2, -0.15) is 13.2 Å². The van der Waals surface area contributed by atoms with Crippen LogP contribution in [-0.4, -0.2) is 33.2 Å². The summed E-state index contributed by atoms with van der Waals surface area (Å²) in [6, 6.07) is 7.19. The van der Waals surface area contributed by atoms with Crippen molar-refractivity contribution >= 4 is 23.4 Å². The number of nitrogens with one attached hydrogen (secondary N) is 2. The minimum Gasteiger partial charge on any atom is -0.361 e. The van der Waals surface area contributed by atoms with Crippen LogP contribution < -0.4 is 10.6 Å². The molecule has 164 valence electrons. The molecule has 7 nitrogen and oxygen atoms in total. The Kier molecular flexibility index (Phi) is 5.40. The molecule has 2 aliphatic heterocycles. The van der Waals surface area contributed by atoms with E-state index in [-0.39, 0.29) is 31.8 Å². The average Bonchev–Trinajstić information content (AvgIpc) is 3.25. The number of rotatable bonds is 4. The van der Waals surface area contributed by atoms with E-state index in [1.165, 1.54) is 17.2 Å². The molecular weight excluding hydrogens is 437 g/mol. The van der Waals surface area contributed by atoms with E-state index in [0.29, 0.717) is 16.8 Å². The van der Waals surface area contributed by atoms with Crippen LogP contribution in [0.3, 0.4) is 0 Å². The number of carbonyl (C=O) groups is 2. The van der Waals surface area contributed by atoms with Gasteiger partial charge >= 0.3 is 6.18 Å². The fourth-order valence-electron chi connectivity index (χ4n) is 3.97. The predicted molar refractivity (Wildman–Crippen MR) is 103 cm³/mol. The predicted octanol–water partition coefficient (Wildman–Crippen LogP) is 2.27. The van der Waals surface area contributed by atoms with Crippen LogP contribution in [0.2, 0.25) is 5.02 Å². The summed E-state index contributed by atoms with van der Waals surface area (Å²) >= 11 is 5.78. The highest BCUT2D eigenvalue weighted by molar-refractivity contribution is 6.31. The van der Waals surface area contributed by atoms with Crippen molar-refractivity contribution in [3.63, 3.8) is 0 Å². The third-order valence-electron chi connectivity index (χ3n) is 5.52. The van der Waals surface area contributed by atoms with Gasteiger partial charge in [0.2, 0.25) is 11.8 Å². The second-order valence-corrected chi connectivity index (χ2v) is 7.90. The molecular formula is C20H18ClF3N4O3. The molecule has 2 aliphatic rings. The molecule has 1 unspecified atom stereocenters. The molecule has 1 fully saturated rings. The molecule has 0 spiro atoms. The first-order valence-corrected chi connectivity index (χ1v) is 9.82. The molecule has 11 heteroatoms. The maximum Gasteiger partial charge on any atom is 0.417 e. The zero-order valence-electron chi connectivity index (χ0n) is 16.0. The van der Waals surface area contributed by atoms with E-state index in [2.05, 4.69) is 15.6 Å². The maximum absolute atomic E-state index is 13.1. The van der Waals surface area contributed by atoms with Crippen molar-refractivity contribution in [3.05, 3.63) is 63.9 Å². The normalized spacial score (nSPS) is 23.1. The third-order valence-corrected chi connectivity index (χ3v) is 5.84. The molecule has 0 aliphatic carbocycles. The Morgan fingerprint density at radius 3 is 2.58 bits per heavy atom. The molecule has 0 bridgehead atoms. The van der Waals surface area contributed by atoms with E-state index < -0.39 is 34.6 Å². The summed E-state index contributed by atoms with van der Waals surface area (Å²) in [4.78, 5) is 31.0. The van der Waals surface area contributed by atoms with Crippen LogP contribution in [0.25, 0.3) is 0 Å². The van der Waals surface area contributed by atoms with Crippen LogP contribution in [0.4, 0.5) is 13.2 Å². The molecule has 3 N–H and O–H groups in total. The van der Waals surface area contributed by atoms with Gasteiger partial charge in [0, 0.05) is 25.7 Å². The number of aromatic nitrogens is 1. The summed E-state index contributed by atoms with van der Waals surface area (Å²) in [5.41, 5.74) is -1.04. The molecule has 2 aromatic rings. The Morgan fingerprint density at radius 1 is 1.29 bits per heavy atom. The number of hydrogen-bond donors (Lipinski definition) is 3. The number of carbonyl (C=O) groups excluding carboxylic acids is 2. The lowest BCUT2D eigenvalue weighted by molar-refractivity contribution is -0.137. The highest BCUT2D eigenvalue weighted by Crippen LogP contribution is 2.39. The second-order valence-electron chi connectivity index (χ2n) is 7.49. The van der Waals surface area contributed by atoms with Crippen LogP contribution >= 0.6 is 11.6 Å². The van der Waals surface area contributed by atoms with Gasteiger partial charge in [0.1, 0.15) is 5.54 Å². The molecule has 3 heterocycles. The van der Waals surface area contributed by atoms with Crippen molar-refractivity contribution in [3.8, 4) is 0 Å². The summed E-state index contributed by atoms with van der Waals surface area (Å²) in [5, 5.41) is 14.5. The molecule has 4 rings (SSSR count). The zero-order chi connectivity index (χ0) is 22.4. The first-order chi connectivity index (χ1) is 14.6. The minimum atomic E-state index is -4.58. The van der Waals surface area contributed by atoms with E-state index in [0.717, 1.165) is 6.07 Å². The van der Waals surface area contributed by atoms with Gasteiger partial charge < -0.3 is 15.3 Å². The van der Waals surface area contributed by atoms with Gasteiger partial charge in [-0.1, -0.05) is 17.7 Å². The molecule has 1 saturated heterocycles. The first-order valence-electron chi connectivity index (χ1n) is 9.45. The lowest BCUT2D eigenvalue weighted by atomic mass is 9.89. The van der Waals surface area contributed by atoms with Crippen molar-refractivity contribution in [2.75, 3.05) is 0 Å². The number of amides is 2. The number of benzene rings is 1. The summed E-state index contributed by atoms with van der Waals surface area (Å²) in [6.45, 7) is 0.151. The van der Waals surface area contributed by atoms with Gasteiger partial charge in [-0.15, -0.1) is 0 Å². The van der Waals surface area contributed by atoms with E-state index in [1.807, 2.05) is 0 Å². The van der Waals surface area contributed by atoms with Crippen LogP contribution in [0.15, 0.2) is 36.5 Å². The Hall–Kier alpha value is -2.69. The number of aliphatic hydroxyl groups is 1. The monoisotopic (exact) mass is 454 g/mol. The number of hydrogen-bond acceptors (Lipinski definition) is 5. The number of alkyl halides is 3. The number of nitrogens with zero attached hydrogens (tertiary/aromatic N) is 2. The van der Waals surface area contributed by atoms with Crippen LogP contribution in [0, 0.1) is 0 Å². The quantitative estimate of drug-likeness (QED) is 0.659. The SMILES string of the molecule is O=C(CC[C@]1(c2ccccn2)NC(O)NC1=O)N1Cc2cc(Cl)c(C(F)(F)F)cc2C1. The van der Waals surface area contributed by atoms with Gasteiger partial charge in [0.15, 0.2) is 6.35 Å². The van der Waals surface area contributed by atoms with Crippen molar-refractivity contribution < 1.29 is 27.9 Å². The summed E-state index contributed by atoms with van der Waals surface area (Å²) < 4.78 is 39.3. The molecule has 0 saturated carbocycles. The average molecular weight is 455 g/mol. The number of pyridine rings is 1. The summed E-state index contributed by atoms with van der Waals surface area (Å²) in [5.74, 6) is -0.856. The van der Waals surface area contributed by atoms with Crippen LogP contribution in [-0.2, 0) is 34.4 Å². The number of fused-ring (bicyclic) bond motifs is 1. The lowest BCUT2D eigenvalue weighted by Gasteiger charge is -2.27. The largest absolute Gasteiger partial charge is 0.417 e. The van der Waals surface area contributed by atoms with Gasteiger partial charge in [-0.3, -0.25) is 19.9 Å². The van der Waals surface area contributed by atoms with E-state index in [9.17, 15) is 27.9 Å². The molecule has 1 aromatic heterocycles. The number of aliphatic hydroxyl groups excluding tert-OH is 1. The molecule has 31 heavy (non-hydrogen) atoms. The fourth-order valence-corrected chi connectivity index (χ4v) is 4.26. The summed E-state index contributed by atoms with van der Waals surface area (Å²) in [6.07, 6.45) is -4.45. The smallest absolute Gasteiger partial charge is 0.361 e. The Labute approximate surface area is 180 Å². The Bertz CT molecular complexity index is 1030. The molecule has 1 aromatic carbocycles. The van der Waals surface area contributed by atoms with Gasteiger partial charge in [0.25, 0.3) is 0 Å². The Balaban J connectivity index is 1.50. The van der Waals surface area contributed by atoms with Crippen molar-refractivity contribution in [1.29, 1.82) is 0 Å². The van der Waals surface area contributed by atoms with Gasteiger partial charge in [-0.25, -0.2) is 0 Å². The number of halogens is 4. The Morgan fingerprint density at radius 2 is 2.00 bits per heavy atom. The topological polar surface area (TPSA) is 94.6 Å². The zero-order valence-corrected chi connectivity index (χ0v) is 16.8. The summed E-state index contributed by atoms with van der Waals surface area (Å²) in [7, 11) is 0. The van der Waals surface area contributed by atoms with E-state index in [1.54, 1.807) is 18.2 Å². The highest BCUT2D eigenvalue weighted by Gasteiger charge is 2.48. The second kappa shape index (κ2) is 7.77. The van der Waals surface area contributed by atoms with Crippen molar-refractivity contribution in [2.45, 2.75) is 44.0 Å². The first kappa shape index (κ1) is 21.5. The molecule has 0 radical (unpaired) electrons. The lowest BCUT2D eigenvalue weighted by Crippen LogP contribution is -2.46. The van der Waals surface area contributed by atoms with Crippen LogP contribution in [0.1, 0.15) is 35.2 Å². The van der Waals surface area contributed by atoms with Gasteiger partial charge in [0.05, 0.1) is 16.3 Å². The molecule has 2 atom stereocenters. The fraction of sp³-hybridized carbons (Fsp3) is 0.350. The van der Waals surface area contributed by atoms with Gasteiger partial charge in [-0.05, 0) is 41.8 Å². The standard InChI is InChI=1S/C20H18ClF3N4O3/c21-14-8-12-10-28(9-11(12)7-13(14)20(22,23)24)16(29)4-5-19(15-3-1-2-6-25-15)17(30)26-18(31)27-19/h1-3,6-8,18,27,31H,4-5,9-10H2,(H,26,30)/t18?,19-/m1/s1. The minimum absolute atomic E-state index is 0.00709.